The second kappa shape index (κ2) is 11.9. The lowest BCUT2D eigenvalue weighted by Crippen LogP contribution is -2.38. The van der Waals surface area contributed by atoms with Gasteiger partial charge in [-0.2, -0.15) is 0 Å². The van der Waals surface area contributed by atoms with Crippen molar-refractivity contribution >= 4 is 41.5 Å². The lowest BCUT2D eigenvalue weighted by Gasteiger charge is -2.14. The van der Waals surface area contributed by atoms with E-state index in [1.54, 1.807) is 0 Å². The molecule has 1 saturated heterocycles. The van der Waals surface area contributed by atoms with E-state index in [4.69, 9.17) is 16.6 Å². The first-order valence-electron chi connectivity index (χ1n) is 8.70. The molecule has 0 radical (unpaired) electrons. The van der Waals surface area contributed by atoms with Gasteiger partial charge in [0.15, 0.2) is 5.96 Å². The van der Waals surface area contributed by atoms with E-state index in [0.717, 1.165) is 43.6 Å². The van der Waals surface area contributed by atoms with Crippen molar-refractivity contribution in [3.05, 3.63) is 34.9 Å². The summed E-state index contributed by atoms with van der Waals surface area (Å²) in [6.07, 6.45) is 2.21. The maximum Gasteiger partial charge on any atom is 0.191 e. The third-order valence-corrected chi connectivity index (χ3v) is 4.50. The van der Waals surface area contributed by atoms with E-state index in [1.807, 2.05) is 18.2 Å². The summed E-state index contributed by atoms with van der Waals surface area (Å²) in [6.45, 7) is 10.5. The van der Waals surface area contributed by atoms with Crippen LogP contribution in [0, 0.1) is 5.92 Å². The Balaban J connectivity index is 0.00000288. The lowest BCUT2D eigenvalue weighted by molar-refractivity contribution is 0.343. The Hall–Kier alpha value is -0.530. The van der Waals surface area contributed by atoms with Crippen LogP contribution in [-0.4, -0.2) is 50.1 Å². The van der Waals surface area contributed by atoms with Gasteiger partial charge in [-0.15, -0.1) is 24.0 Å². The van der Waals surface area contributed by atoms with Gasteiger partial charge in [0.25, 0.3) is 0 Å². The fraction of sp³-hybridized carbons (Fsp3) is 0.611. The molecule has 1 fully saturated rings. The number of rotatable bonds is 7. The van der Waals surface area contributed by atoms with Gasteiger partial charge >= 0.3 is 0 Å². The molecule has 2 rings (SSSR count). The molecule has 0 spiro atoms. The number of halogens is 2. The molecule has 1 aliphatic rings. The quantitative estimate of drug-likeness (QED) is 0.369. The Bertz CT molecular complexity index is 510. The number of guanidine groups is 1. The van der Waals surface area contributed by atoms with Gasteiger partial charge in [-0.05, 0) is 56.5 Å². The van der Waals surface area contributed by atoms with E-state index in [-0.39, 0.29) is 24.0 Å². The number of hydrogen-bond acceptors (Lipinski definition) is 2. The van der Waals surface area contributed by atoms with E-state index in [9.17, 15) is 0 Å². The molecule has 1 aromatic carbocycles. The summed E-state index contributed by atoms with van der Waals surface area (Å²) < 4.78 is 0. The first kappa shape index (κ1) is 21.5. The average molecular weight is 465 g/mol. The topological polar surface area (TPSA) is 39.7 Å². The van der Waals surface area contributed by atoms with Crippen LogP contribution < -0.4 is 10.6 Å². The Morgan fingerprint density at radius 1 is 1.33 bits per heavy atom. The smallest absolute Gasteiger partial charge is 0.191 e. The van der Waals surface area contributed by atoms with Crippen LogP contribution in [0.15, 0.2) is 29.3 Å². The minimum atomic E-state index is 0. The first-order chi connectivity index (χ1) is 11.2. The van der Waals surface area contributed by atoms with Crippen molar-refractivity contribution in [2.45, 2.75) is 26.7 Å². The molecule has 1 atom stereocenters. The third-order valence-electron chi connectivity index (χ3n) is 4.26. The van der Waals surface area contributed by atoms with Gasteiger partial charge in [-0.25, -0.2) is 0 Å². The second-order valence-electron chi connectivity index (χ2n) is 6.07. The summed E-state index contributed by atoms with van der Waals surface area (Å²) in [5, 5.41) is 7.54. The summed E-state index contributed by atoms with van der Waals surface area (Å²) in [4.78, 5) is 7.25. The molecule has 1 aliphatic heterocycles. The van der Waals surface area contributed by atoms with E-state index in [0.29, 0.717) is 5.92 Å². The number of benzene rings is 1. The normalized spacial score (nSPS) is 18.3. The van der Waals surface area contributed by atoms with Gasteiger partial charge < -0.3 is 15.5 Å². The number of nitrogens with one attached hydrogen (secondary N) is 2. The molecule has 1 heterocycles. The van der Waals surface area contributed by atoms with Crippen molar-refractivity contribution in [2.75, 3.05) is 39.3 Å². The third kappa shape index (κ3) is 7.57. The molecule has 2 N–H and O–H groups in total. The monoisotopic (exact) mass is 464 g/mol. The van der Waals surface area contributed by atoms with E-state index >= 15 is 0 Å². The minimum Gasteiger partial charge on any atom is -0.357 e. The highest BCUT2D eigenvalue weighted by Gasteiger charge is 2.20. The fourth-order valence-corrected chi connectivity index (χ4v) is 3.14. The van der Waals surface area contributed by atoms with Crippen LogP contribution in [0.4, 0.5) is 0 Å². The highest BCUT2D eigenvalue weighted by Crippen LogP contribution is 2.15. The highest BCUT2D eigenvalue weighted by atomic mass is 127. The molecular formula is C18H30ClIN4. The molecule has 4 nitrogen and oxygen atoms in total. The molecule has 0 aromatic heterocycles. The zero-order valence-electron chi connectivity index (χ0n) is 14.7. The summed E-state index contributed by atoms with van der Waals surface area (Å²) >= 11 is 6.02. The molecule has 0 saturated carbocycles. The van der Waals surface area contributed by atoms with Crippen LogP contribution in [-0.2, 0) is 6.42 Å². The zero-order valence-corrected chi connectivity index (χ0v) is 17.8. The van der Waals surface area contributed by atoms with Gasteiger partial charge in [-0.3, -0.25) is 4.99 Å². The summed E-state index contributed by atoms with van der Waals surface area (Å²) in [7, 11) is 0. The molecule has 6 heteroatoms. The Labute approximate surface area is 168 Å². The highest BCUT2D eigenvalue weighted by molar-refractivity contribution is 14.0. The van der Waals surface area contributed by atoms with Gasteiger partial charge in [0.1, 0.15) is 0 Å². The summed E-state index contributed by atoms with van der Waals surface area (Å²) in [6, 6.07) is 8.03. The van der Waals surface area contributed by atoms with Crippen LogP contribution in [0.5, 0.6) is 0 Å². The van der Waals surface area contributed by atoms with Crippen molar-refractivity contribution in [3.63, 3.8) is 0 Å². The van der Waals surface area contributed by atoms with Gasteiger partial charge in [0.05, 0.1) is 0 Å². The maximum atomic E-state index is 6.02. The van der Waals surface area contributed by atoms with Crippen LogP contribution in [0.3, 0.4) is 0 Å². The SMILES string of the molecule is CCNC(=NCC1CCN(CC)C1)NCCc1cccc(Cl)c1.I. The minimum absolute atomic E-state index is 0. The number of hydrogen-bond donors (Lipinski definition) is 2. The summed E-state index contributed by atoms with van der Waals surface area (Å²) in [5.74, 6) is 1.61. The molecule has 0 aliphatic carbocycles. The van der Waals surface area contributed by atoms with E-state index in [1.165, 1.54) is 25.1 Å². The molecule has 1 aromatic rings. The summed E-state index contributed by atoms with van der Waals surface area (Å²) in [5.41, 5.74) is 1.25. The molecule has 24 heavy (non-hydrogen) atoms. The van der Waals surface area contributed by atoms with Crippen molar-refractivity contribution in [1.82, 2.24) is 15.5 Å². The van der Waals surface area contributed by atoms with E-state index < -0.39 is 0 Å². The van der Waals surface area contributed by atoms with Crippen LogP contribution >= 0.6 is 35.6 Å². The van der Waals surface area contributed by atoms with Crippen molar-refractivity contribution in [3.8, 4) is 0 Å². The zero-order chi connectivity index (χ0) is 16.5. The molecule has 0 bridgehead atoms. The lowest BCUT2D eigenvalue weighted by atomic mass is 10.1. The number of nitrogens with zero attached hydrogens (tertiary/aromatic N) is 2. The predicted molar refractivity (Wildman–Crippen MR) is 115 cm³/mol. The second-order valence-corrected chi connectivity index (χ2v) is 6.51. The average Bonchev–Trinajstić information content (AvgIpc) is 3.01. The maximum absolute atomic E-state index is 6.02. The number of likely N-dealkylation sites (tertiary alicyclic amines) is 1. The van der Waals surface area contributed by atoms with Crippen LogP contribution in [0.25, 0.3) is 0 Å². The molecule has 0 amide bonds. The van der Waals surface area contributed by atoms with E-state index in [2.05, 4.69) is 35.4 Å². The van der Waals surface area contributed by atoms with Crippen LogP contribution in [0.2, 0.25) is 5.02 Å². The molecular weight excluding hydrogens is 435 g/mol. The standard InChI is InChI=1S/C18H29ClN4.HI/c1-3-20-18(22-13-16-9-11-23(4-2)14-16)21-10-8-15-6-5-7-17(19)12-15;/h5-7,12,16H,3-4,8-11,13-14H2,1-2H3,(H2,20,21,22);1H. The molecule has 1 unspecified atom stereocenters. The van der Waals surface area contributed by atoms with Crippen molar-refractivity contribution in [1.29, 1.82) is 0 Å². The Morgan fingerprint density at radius 2 is 2.17 bits per heavy atom. The Kier molecular flexibility index (Phi) is 10.7. The first-order valence-corrected chi connectivity index (χ1v) is 9.08. The Morgan fingerprint density at radius 3 is 2.83 bits per heavy atom. The fourth-order valence-electron chi connectivity index (χ4n) is 2.93. The van der Waals surface area contributed by atoms with Gasteiger partial charge in [0, 0.05) is 31.2 Å². The van der Waals surface area contributed by atoms with Crippen molar-refractivity contribution < 1.29 is 0 Å². The van der Waals surface area contributed by atoms with Crippen molar-refractivity contribution in [2.24, 2.45) is 10.9 Å². The van der Waals surface area contributed by atoms with Gasteiger partial charge in [0.2, 0.25) is 0 Å². The van der Waals surface area contributed by atoms with Crippen LogP contribution in [0.1, 0.15) is 25.8 Å². The molecule has 136 valence electrons. The largest absolute Gasteiger partial charge is 0.357 e. The number of aliphatic imine (C=N–C) groups is 1. The predicted octanol–water partition coefficient (Wildman–Crippen LogP) is 3.40. The van der Waals surface area contributed by atoms with Gasteiger partial charge in [-0.1, -0.05) is 30.7 Å².